The lowest BCUT2D eigenvalue weighted by Gasteiger charge is -2.19. The van der Waals surface area contributed by atoms with Gasteiger partial charge < -0.3 is 14.6 Å². The second-order valence-electron chi connectivity index (χ2n) is 4.26. The summed E-state index contributed by atoms with van der Waals surface area (Å²) in [7, 11) is -2.95. The highest BCUT2D eigenvalue weighted by molar-refractivity contribution is 7.95. The number of carbonyl (C=O) groups excluding carboxylic acids is 1. The van der Waals surface area contributed by atoms with Gasteiger partial charge in [-0.3, -0.25) is 0 Å². The summed E-state index contributed by atoms with van der Waals surface area (Å²) in [6.07, 6.45) is -0.117. The van der Waals surface area contributed by atoms with Crippen molar-refractivity contribution in [1.29, 1.82) is 0 Å². The molecule has 0 saturated carbocycles. The van der Waals surface area contributed by atoms with E-state index in [2.05, 4.69) is 11.2 Å². The molecular weight excluding hydrogens is 218 g/mol. The van der Waals surface area contributed by atoms with Gasteiger partial charge in [-0.2, -0.15) is 0 Å². The molecule has 0 bridgehead atoms. The van der Waals surface area contributed by atoms with Crippen molar-refractivity contribution in [1.82, 2.24) is 5.32 Å². The molecule has 1 atom stereocenters. The molecule has 1 amide bonds. The normalized spacial score (nSPS) is 15.5. The van der Waals surface area contributed by atoms with E-state index in [1.54, 1.807) is 20.8 Å². The zero-order chi connectivity index (χ0) is 12.1. The second-order valence-corrected chi connectivity index (χ2v) is 6.21. The number of nitrogens with one attached hydrogen (secondary N) is 1. The summed E-state index contributed by atoms with van der Waals surface area (Å²) >= 11 is 0. The standard InChI is InChI=1S/C9H19NO4S/c1-9(2,3)14-8(11)10-6-5-7-15(4,12)13/h4-7H2,1-3H3,(H,10,11)(H,12,13). The Morgan fingerprint density at radius 2 is 2.07 bits per heavy atom. The number of carbonyl (C=O) groups is 1. The van der Waals surface area contributed by atoms with Crippen LogP contribution >= 0.6 is 0 Å². The van der Waals surface area contributed by atoms with Crippen LogP contribution in [0.1, 0.15) is 27.2 Å². The van der Waals surface area contributed by atoms with Crippen LogP contribution in [0.2, 0.25) is 0 Å². The van der Waals surface area contributed by atoms with Gasteiger partial charge in [-0.05, 0) is 33.1 Å². The van der Waals surface area contributed by atoms with Gasteiger partial charge in [0.25, 0.3) is 0 Å². The van der Waals surface area contributed by atoms with Crippen molar-refractivity contribution in [3.8, 4) is 0 Å². The molecular formula is C9H19NO4S. The maximum absolute atomic E-state index is 11.1. The third-order valence-corrected chi connectivity index (χ3v) is 2.23. The lowest BCUT2D eigenvalue weighted by atomic mass is 10.2. The fourth-order valence-corrected chi connectivity index (χ4v) is 1.40. The summed E-state index contributed by atoms with van der Waals surface area (Å²) in [6.45, 7) is 5.61. The Morgan fingerprint density at radius 3 is 2.47 bits per heavy atom. The van der Waals surface area contributed by atoms with Gasteiger partial charge in [-0.15, -0.1) is 0 Å². The summed E-state index contributed by atoms with van der Waals surface area (Å²) in [5.41, 5.74) is -0.527. The molecule has 0 heterocycles. The van der Waals surface area contributed by atoms with Gasteiger partial charge in [0.1, 0.15) is 5.60 Å². The molecule has 0 aliphatic rings. The Bertz CT molecular complexity index is 303. The molecule has 0 aromatic carbocycles. The van der Waals surface area contributed by atoms with Crippen LogP contribution in [0.25, 0.3) is 0 Å². The molecule has 0 aliphatic heterocycles. The third kappa shape index (κ3) is 11.2. The van der Waals surface area contributed by atoms with E-state index < -0.39 is 21.5 Å². The average Bonchev–Trinajstić information content (AvgIpc) is 1.92. The molecule has 5 nitrogen and oxygen atoms in total. The molecule has 90 valence electrons. The van der Waals surface area contributed by atoms with Crippen LogP contribution in [-0.4, -0.2) is 38.6 Å². The first kappa shape index (κ1) is 14.2. The minimum atomic E-state index is -2.95. The quantitative estimate of drug-likeness (QED) is 0.567. The number of amides is 1. The van der Waals surface area contributed by atoms with Crippen LogP contribution in [-0.2, 0) is 14.5 Å². The number of alkyl carbamates (subject to hydrolysis) is 1. The van der Waals surface area contributed by atoms with E-state index in [0.29, 0.717) is 13.0 Å². The number of hydrogen-bond acceptors (Lipinski definition) is 3. The van der Waals surface area contributed by atoms with Gasteiger partial charge in [-0.1, -0.05) is 0 Å². The van der Waals surface area contributed by atoms with Crippen molar-refractivity contribution in [2.45, 2.75) is 32.8 Å². The first-order valence-corrected chi connectivity index (χ1v) is 6.50. The minimum absolute atomic E-state index is 0.0722. The molecule has 1 unspecified atom stereocenters. The highest BCUT2D eigenvalue weighted by atomic mass is 32.2. The average molecular weight is 237 g/mol. The van der Waals surface area contributed by atoms with Crippen LogP contribution < -0.4 is 5.32 Å². The molecule has 2 N–H and O–H groups in total. The summed E-state index contributed by atoms with van der Waals surface area (Å²) in [4.78, 5) is 11.1. The maximum Gasteiger partial charge on any atom is 0.407 e. The largest absolute Gasteiger partial charge is 0.444 e. The molecule has 0 aromatic heterocycles. The summed E-state index contributed by atoms with van der Waals surface area (Å²) in [5, 5.41) is 2.49. The zero-order valence-electron chi connectivity index (χ0n) is 9.41. The van der Waals surface area contributed by atoms with Crippen molar-refractivity contribution in [2.24, 2.45) is 0 Å². The Kier molecular flexibility index (Phi) is 5.10. The van der Waals surface area contributed by atoms with Gasteiger partial charge in [0, 0.05) is 12.3 Å². The molecule has 6 heteroatoms. The van der Waals surface area contributed by atoms with Crippen LogP contribution in [0.4, 0.5) is 4.79 Å². The van der Waals surface area contributed by atoms with E-state index in [1.165, 1.54) is 0 Å². The predicted octanol–water partition coefficient (Wildman–Crippen LogP) is 1.09. The van der Waals surface area contributed by atoms with Gasteiger partial charge in [0.2, 0.25) is 0 Å². The van der Waals surface area contributed by atoms with Crippen molar-refractivity contribution in [2.75, 3.05) is 12.3 Å². The van der Waals surface area contributed by atoms with E-state index in [4.69, 9.17) is 9.29 Å². The van der Waals surface area contributed by atoms with Gasteiger partial charge in [0.15, 0.2) is 0 Å². The second kappa shape index (κ2) is 5.37. The summed E-state index contributed by atoms with van der Waals surface area (Å²) < 4.78 is 24.6. The molecule has 0 saturated heterocycles. The first-order chi connectivity index (χ1) is 6.60. The maximum atomic E-state index is 11.1. The molecule has 0 radical (unpaired) electrons. The smallest absolute Gasteiger partial charge is 0.407 e. The SMILES string of the molecule is C=S(=O)(O)CCCNC(=O)OC(C)(C)C. The molecule has 0 fully saturated rings. The highest BCUT2D eigenvalue weighted by Gasteiger charge is 2.15. The first-order valence-electron chi connectivity index (χ1n) is 4.64. The molecule has 0 aromatic rings. The number of rotatable bonds is 4. The molecule has 0 aliphatic carbocycles. The molecule has 0 rings (SSSR count). The summed E-state index contributed by atoms with van der Waals surface area (Å²) in [5.74, 6) is 3.16. The van der Waals surface area contributed by atoms with Gasteiger partial charge in [0.05, 0.1) is 9.80 Å². The number of hydrogen-bond donors (Lipinski definition) is 2. The Hall–Kier alpha value is -0.750. The van der Waals surface area contributed by atoms with Gasteiger partial charge in [-0.25, -0.2) is 9.00 Å². The number of ether oxygens (including phenoxy) is 1. The van der Waals surface area contributed by atoms with Crippen LogP contribution in [0.3, 0.4) is 0 Å². The molecule has 0 spiro atoms. The summed E-state index contributed by atoms with van der Waals surface area (Å²) in [6, 6.07) is 0. The van der Waals surface area contributed by atoms with E-state index in [-0.39, 0.29) is 5.75 Å². The van der Waals surface area contributed by atoms with E-state index in [9.17, 15) is 9.00 Å². The fourth-order valence-electron chi connectivity index (χ4n) is 0.802. The van der Waals surface area contributed by atoms with Crippen molar-refractivity contribution in [3.63, 3.8) is 0 Å². The highest BCUT2D eigenvalue weighted by Crippen LogP contribution is 2.06. The van der Waals surface area contributed by atoms with Crippen molar-refractivity contribution < 1.29 is 18.3 Å². The third-order valence-electron chi connectivity index (χ3n) is 1.31. The fraction of sp³-hybridized carbons (Fsp3) is 0.778. The monoisotopic (exact) mass is 237 g/mol. The van der Waals surface area contributed by atoms with Crippen molar-refractivity contribution in [3.05, 3.63) is 0 Å². The Morgan fingerprint density at radius 1 is 1.53 bits per heavy atom. The Balaban J connectivity index is 3.66. The Labute approximate surface area is 91.0 Å². The van der Waals surface area contributed by atoms with Gasteiger partial charge >= 0.3 is 6.09 Å². The predicted molar refractivity (Wildman–Crippen MR) is 61.6 cm³/mol. The molecule has 15 heavy (non-hydrogen) atoms. The van der Waals surface area contributed by atoms with E-state index >= 15 is 0 Å². The lowest BCUT2D eigenvalue weighted by molar-refractivity contribution is 0.0528. The minimum Gasteiger partial charge on any atom is -0.444 e. The van der Waals surface area contributed by atoms with E-state index in [0.717, 1.165) is 0 Å². The topological polar surface area (TPSA) is 75.6 Å². The lowest BCUT2D eigenvalue weighted by Crippen LogP contribution is -2.33. The zero-order valence-corrected chi connectivity index (χ0v) is 10.2. The van der Waals surface area contributed by atoms with Crippen LogP contribution in [0.15, 0.2) is 0 Å². The van der Waals surface area contributed by atoms with Crippen LogP contribution in [0, 0.1) is 0 Å². The van der Waals surface area contributed by atoms with E-state index in [1.807, 2.05) is 0 Å². The van der Waals surface area contributed by atoms with Crippen molar-refractivity contribution >= 4 is 21.8 Å². The van der Waals surface area contributed by atoms with Crippen LogP contribution in [0.5, 0.6) is 0 Å².